The molecule has 96 valence electrons. The molecule has 0 bridgehead atoms. The van der Waals surface area contributed by atoms with E-state index in [-0.39, 0.29) is 5.91 Å². The van der Waals surface area contributed by atoms with Crippen LogP contribution in [0.15, 0.2) is 17.6 Å². The molecule has 17 heavy (non-hydrogen) atoms. The van der Waals surface area contributed by atoms with Gasteiger partial charge in [-0.1, -0.05) is 6.08 Å². The van der Waals surface area contributed by atoms with E-state index in [9.17, 15) is 4.79 Å². The summed E-state index contributed by atoms with van der Waals surface area (Å²) in [5, 5.41) is 9.17. The lowest BCUT2D eigenvalue weighted by Gasteiger charge is -2.10. The van der Waals surface area contributed by atoms with Gasteiger partial charge in [-0.3, -0.25) is 9.79 Å². The van der Waals surface area contributed by atoms with Gasteiger partial charge in [0.2, 0.25) is 5.91 Å². The first-order chi connectivity index (χ1) is 8.26. The zero-order valence-electron chi connectivity index (χ0n) is 10.5. The number of hydrogen-bond acceptors (Lipinski definition) is 2. The van der Waals surface area contributed by atoms with Crippen LogP contribution < -0.4 is 16.0 Å². The Morgan fingerprint density at radius 3 is 2.82 bits per heavy atom. The summed E-state index contributed by atoms with van der Waals surface area (Å²) in [5.74, 6) is 0.899. The average Bonchev–Trinajstić information content (AvgIpc) is 3.12. The van der Waals surface area contributed by atoms with Crippen molar-refractivity contribution in [2.75, 3.05) is 20.1 Å². The summed E-state index contributed by atoms with van der Waals surface area (Å²) >= 11 is 0. The lowest BCUT2D eigenvalue weighted by Crippen LogP contribution is -2.38. The number of aliphatic imine (C=N–C) groups is 1. The summed E-state index contributed by atoms with van der Waals surface area (Å²) in [5.41, 5.74) is 0. The highest BCUT2D eigenvalue weighted by molar-refractivity contribution is 5.80. The number of carbonyl (C=O) groups is 1. The van der Waals surface area contributed by atoms with Crippen molar-refractivity contribution in [3.05, 3.63) is 12.7 Å². The van der Waals surface area contributed by atoms with Crippen LogP contribution in [-0.4, -0.2) is 38.0 Å². The fourth-order valence-corrected chi connectivity index (χ4v) is 1.37. The molecule has 0 aromatic heterocycles. The molecule has 0 radical (unpaired) electrons. The Balaban J connectivity index is 2.01. The number of hydrogen-bond donors (Lipinski definition) is 3. The number of nitrogens with zero attached hydrogens (tertiary/aromatic N) is 1. The van der Waals surface area contributed by atoms with Crippen LogP contribution in [0.1, 0.15) is 25.7 Å². The molecule has 1 fully saturated rings. The van der Waals surface area contributed by atoms with Crippen molar-refractivity contribution in [2.45, 2.75) is 31.7 Å². The summed E-state index contributed by atoms with van der Waals surface area (Å²) in [6, 6.07) is 0.456. The zero-order chi connectivity index (χ0) is 12.5. The third-order valence-corrected chi connectivity index (χ3v) is 2.45. The largest absolute Gasteiger partial charge is 0.356 e. The maximum atomic E-state index is 11.4. The van der Waals surface area contributed by atoms with E-state index in [1.165, 1.54) is 0 Å². The highest BCUT2D eigenvalue weighted by Crippen LogP contribution is 2.18. The van der Waals surface area contributed by atoms with Crippen molar-refractivity contribution in [2.24, 2.45) is 4.99 Å². The average molecular weight is 238 g/mol. The minimum absolute atomic E-state index is 0.156. The van der Waals surface area contributed by atoms with Crippen LogP contribution in [0.4, 0.5) is 0 Å². The highest BCUT2D eigenvalue weighted by Gasteiger charge is 2.22. The number of nitrogens with one attached hydrogen (secondary N) is 3. The molecule has 0 aromatic rings. The Hall–Kier alpha value is -1.52. The topological polar surface area (TPSA) is 65.5 Å². The van der Waals surface area contributed by atoms with Gasteiger partial charge in [-0.2, -0.15) is 0 Å². The normalized spacial score (nSPS) is 15.2. The van der Waals surface area contributed by atoms with E-state index in [4.69, 9.17) is 0 Å². The second-order valence-corrected chi connectivity index (χ2v) is 4.11. The van der Waals surface area contributed by atoms with Crippen molar-refractivity contribution >= 4 is 11.9 Å². The fraction of sp³-hybridized carbons (Fsp3) is 0.667. The maximum absolute atomic E-state index is 11.4. The first-order valence-electron chi connectivity index (χ1n) is 6.11. The quantitative estimate of drug-likeness (QED) is 0.260. The van der Waals surface area contributed by atoms with E-state index in [1.807, 2.05) is 0 Å². The minimum atomic E-state index is 0.156. The molecule has 5 heteroatoms. The van der Waals surface area contributed by atoms with Crippen LogP contribution in [0.25, 0.3) is 0 Å². The lowest BCUT2D eigenvalue weighted by atomic mass is 10.3. The third kappa shape index (κ3) is 6.60. The molecule has 0 saturated heterocycles. The molecule has 1 saturated carbocycles. The smallest absolute Gasteiger partial charge is 0.220 e. The van der Waals surface area contributed by atoms with Gasteiger partial charge in [0.1, 0.15) is 0 Å². The first-order valence-corrected chi connectivity index (χ1v) is 6.11. The van der Waals surface area contributed by atoms with Crippen molar-refractivity contribution in [1.29, 1.82) is 0 Å². The van der Waals surface area contributed by atoms with E-state index in [1.54, 1.807) is 13.1 Å². The molecule has 5 nitrogen and oxygen atoms in total. The molecule has 1 amide bonds. The third-order valence-electron chi connectivity index (χ3n) is 2.45. The summed E-state index contributed by atoms with van der Waals surface area (Å²) in [7, 11) is 1.72. The van der Waals surface area contributed by atoms with Crippen molar-refractivity contribution in [1.82, 2.24) is 16.0 Å². The molecular formula is C12H22N4O. The van der Waals surface area contributed by atoms with E-state index >= 15 is 0 Å². The van der Waals surface area contributed by atoms with E-state index < -0.39 is 0 Å². The van der Waals surface area contributed by atoms with Crippen molar-refractivity contribution < 1.29 is 4.79 Å². The monoisotopic (exact) mass is 238 g/mol. The van der Waals surface area contributed by atoms with E-state index in [0.717, 1.165) is 31.8 Å². The van der Waals surface area contributed by atoms with Gasteiger partial charge in [-0.25, -0.2) is 0 Å². The summed E-state index contributed by atoms with van der Waals surface area (Å²) in [6.45, 7) is 5.05. The summed E-state index contributed by atoms with van der Waals surface area (Å²) in [4.78, 5) is 15.4. The van der Waals surface area contributed by atoms with Crippen LogP contribution in [0.3, 0.4) is 0 Å². The Labute approximate surface area is 103 Å². The molecule has 1 aliphatic carbocycles. The minimum Gasteiger partial charge on any atom is -0.356 e. The van der Waals surface area contributed by atoms with Crippen molar-refractivity contribution in [3.63, 3.8) is 0 Å². The highest BCUT2D eigenvalue weighted by atomic mass is 16.1. The van der Waals surface area contributed by atoms with Gasteiger partial charge in [0.25, 0.3) is 0 Å². The molecule has 0 aromatic carbocycles. The zero-order valence-corrected chi connectivity index (χ0v) is 10.5. The number of carbonyl (C=O) groups excluding carboxylic acids is 1. The second kappa shape index (κ2) is 7.70. The Morgan fingerprint density at radius 1 is 1.47 bits per heavy atom. The van der Waals surface area contributed by atoms with Gasteiger partial charge in [-0.15, -0.1) is 6.58 Å². The van der Waals surface area contributed by atoms with Crippen molar-refractivity contribution in [3.8, 4) is 0 Å². The SMILES string of the molecule is C=CCNC(=NC)NCCCC(=O)NC1CC1. The van der Waals surface area contributed by atoms with Crippen LogP contribution in [0.2, 0.25) is 0 Å². The van der Waals surface area contributed by atoms with Crippen LogP contribution in [0, 0.1) is 0 Å². The molecule has 0 spiro atoms. The molecule has 3 N–H and O–H groups in total. The lowest BCUT2D eigenvalue weighted by molar-refractivity contribution is -0.121. The predicted molar refractivity (Wildman–Crippen MR) is 70.0 cm³/mol. The van der Waals surface area contributed by atoms with Gasteiger partial charge in [0.05, 0.1) is 0 Å². The Morgan fingerprint density at radius 2 is 2.24 bits per heavy atom. The molecule has 0 aliphatic heterocycles. The Bertz CT molecular complexity index is 284. The van der Waals surface area contributed by atoms with Crippen LogP contribution in [0.5, 0.6) is 0 Å². The molecule has 0 atom stereocenters. The predicted octanol–water partition coefficient (Wildman–Crippen LogP) is 0.396. The van der Waals surface area contributed by atoms with Crippen LogP contribution in [-0.2, 0) is 4.79 Å². The second-order valence-electron chi connectivity index (χ2n) is 4.11. The summed E-state index contributed by atoms with van der Waals surface area (Å²) < 4.78 is 0. The van der Waals surface area contributed by atoms with Gasteiger partial charge < -0.3 is 16.0 Å². The molecule has 1 aliphatic rings. The first kappa shape index (κ1) is 13.5. The van der Waals surface area contributed by atoms with E-state index in [0.29, 0.717) is 19.0 Å². The fourth-order valence-electron chi connectivity index (χ4n) is 1.37. The van der Waals surface area contributed by atoms with Crippen LogP contribution >= 0.6 is 0 Å². The number of amides is 1. The van der Waals surface area contributed by atoms with E-state index in [2.05, 4.69) is 27.5 Å². The molecule has 0 heterocycles. The number of rotatable bonds is 7. The maximum Gasteiger partial charge on any atom is 0.220 e. The van der Waals surface area contributed by atoms with Gasteiger partial charge in [0, 0.05) is 32.6 Å². The van der Waals surface area contributed by atoms with Gasteiger partial charge >= 0.3 is 0 Å². The molecular weight excluding hydrogens is 216 g/mol. The standard InChI is InChI=1S/C12H22N4O/c1-3-8-14-12(13-2)15-9-4-5-11(17)16-10-6-7-10/h3,10H,1,4-9H2,2H3,(H,16,17)(H2,13,14,15). The Kier molecular flexibility index (Phi) is 6.14. The van der Waals surface area contributed by atoms with Gasteiger partial charge in [0.15, 0.2) is 5.96 Å². The molecule has 0 unspecified atom stereocenters. The number of guanidine groups is 1. The van der Waals surface area contributed by atoms with Gasteiger partial charge in [-0.05, 0) is 19.3 Å². The summed E-state index contributed by atoms with van der Waals surface area (Å²) in [6.07, 6.45) is 5.44. The molecule has 1 rings (SSSR count).